The summed E-state index contributed by atoms with van der Waals surface area (Å²) in [7, 11) is 3.20. The number of hydrogen-bond donors (Lipinski definition) is 1. The summed E-state index contributed by atoms with van der Waals surface area (Å²) in [6, 6.07) is 3.83. The number of piperazine rings is 1. The number of nitrogens with zero attached hydrogens (tertiary/aromatic N) is 2. The molecule has 2 aliphatic rings. The zero-order chi connectivity index (χ0) is 18.0. The Morgan fingerprint density at radius 1 is 1.08 bits per heavy atom. The van der Waals surface area contributed by atoms with Crippen LogP contribution in [0.4, 0.5) is 0 Å². The van der Waals surface area contributed by atoms with Gasteiger partial charge in [0.25, 0.3) is 5.91 Å². The summed E-state index contributed by atoms with van der Waals surface area (Å²) in [4.78, 5) is 17.1. The van der Waals surface area contributed by atoms with Crippen molar-refractivity contribution >= 4 is 5.91 Å². The molecule has 0 spiro atoms. The Hall–Kier alpha value is -1.79. The first kappa shape index (κ1) is 18.0. The van der Waals surface area contributed by atoms with E-state index in [0.29, 0.717) is 30.2 Å². The van der Waals surface area contributed by atoms with E-state index in [1.165, 1.54) is 0 Å². The highest BCUT2D eigenvalue weighted by atomic mass is 16.5. The van der Waals surface area contributed by atoms with Gasteiger partial charge in [0.2, 0.25) is 0 Å². The molecule has 1 aromatic carbocycles. The van der Waals surface area contributed by atoms with Crippen molar-refractivity contribution in [1.29, 1.82) is 0 Å². The summed E-state index contributed by atoms with van der Waals surface area (Å²) in [5.74, 6) is 1.33. The molecule has 1 aromatic rings. The largest absolute Gasteiger partial charge is 0.496 e. The van der Waals surface area contributed by atoms with Crippen LogP contribution in [-0.2, 0) is 0 Å². The molecule has 3 rings (SSSR count). The second kappa shape index (κ2) is 7.62. The number of benzene rings is 1. The summed E-state index contributed by atoms with van der Waals surface area (Å²) in [5, 5.41) is 10.1. The van der Waals surface area contributed by atoms with Crippen LogP contribution >= 0.6 is 0 Å². The highest BCUT2D eigenvalue weighted by Gasteiger charge is 2.33. The van der Waals surface area contributed by atoms with Crippen molar-refractivity contribution in [2.75, 3.05) is 40.4 Å². The van der Waals surface area contributed by atoms with Crippen LogP contribution in [0.5, 0.6) is 11.5 Å². The molecule has 0 unspecified atom stereocenters. The van der Waals surface area contributed by atoms with Gasteiger partial charge in [0.15, 0.2) is 0 Å². The second-order valence-corrected chi connectivity index (χ2v) is 6.90. The maximum absolute atomic E-state index is 12.9. The molecule has 1 aliphatic heterocycles. The van der Waals surface area contributed by atoms with Gasteiger partial charge in [-0.2, -0.15) is 0 Å². The lowest BCUT2D eigenvalue weighted by Gasteiger charge is -2.39. The van der Waals surface area contributed by atoms with Gasteiger partial charge in [0.05, 0.1) is 20.3 Å². The first-order valence-electron chi connectivity index (χ1n) is 8.99. The molecule has 0 bridgehead atoms. The third-order valence-electron chi connectivity index (χ3n) is 5.51. The molecule has 25 heavy (non-hydrogen) atoms. The molecule has 1 heterocycles. The van der Waals surface area contributed by atoms with E-state index < -0.39 is 0 Å². The Morgan fingerprint density at radius 2 is 1.68 bits per heavy atom. The van der Waals surface area contributed by atoms with Crippen molar-refractivity contribution in [2.45, 2.75) is 38.3 Å². The standard InChI is InChI=1S/C19H28N2O4/c1-13-17(24-2)11-14(12-18(13)25-3)19(23)21-9-7-20(8-10-21)15-5-4-6-16(15)22/h11-12,15-16,22H,4-10H2,1-3H3/t15-,16-/m0/s1. The third-order valence-corrected chi connectivity index (χ3v) is 5.51. The highest BCUT2D eigenvalue weighted by Crippen LogP contribution is 2.30. The molecule has 1 amide bonds. The van der Waals surface area contributed by atoms with Crippen LogP contribution in [0, 0.1) is 6.92 Å². The summed E-state index contributed by atoms with van der Waals surface area (Å²) in [6.07, 6.45) is 2.83. The molecule has 0 radical (unpaired) electrons. The van der Waals surface area contributed by atoms with Gasteiger partial charge >= 0.3 is 0 Å². The number of ether oxygens (including phenoxy) is 2. The number of methoxy groups -OCH3 is 2. The first-order valence-corrected chi connectivity index (χ1v) is 8.99. The Labute approximate surface area is 149 Å². The van der Waals surface area contributed by atoms with Crippen molar-refractivity contribution in [3.05, 3.63) is 23.3 Å². The molecule has 1 saturated carbocycles. The highest BCUT2D eigenvalue weighted by molar-refractivity contribution is 5.95. The number of aliphatic hydroxyl groups is 1. The van der Waals surface area contributed by atoms with Crippen LogP contribution in [0.3, 0.4) is 0 Å². The number of aliphatic hydroxyl groups excluding tert-OH is 1. The van der Waals surface area contributed by atoms with Crippen molar-refractivity contribution in [3.8, 4) is 11.5 Å². The minimum atomic E-state index is -0.215. The molecular formula is C19H28N2O4. The minimum absolute atomic E-state index is 0.00298. The molecule has 138 valence electrons. The van der Waals surface area contributed by atoms with E-state index in [1.54, 1.807) is 26.4 Å². The van der Waals surface area contributed by atoms with Crippen LogP contribution in [0.1, 0.15) is 35.2 Å². The summed E-state index contributed by atoms with van der Waals surface area (Å²) >= 11 is 0. The lowest BCUT2D eigenvalue weighted by molar-refractivity contribution is 0.0315. The van der Waals surface area contributed by atoms with Gasteiger partial charge in [0.1, 0.15) is 11.5 Å². The van der Waals surface area contributed by atoms with Crippen molar-refractivity contribution in [2.24, 2.45) is 0 Å². The maximum Gasteiger partial charge on any atom is 0.254 e. The summed E-state index contributed by atoms with van der Waals surface area (Å²) < 4.78 is 10.8. The van der Waals surface area contributed by atoms with Crippen LogP contribution in [0.25, 0.3) is 0 Å². The van der Waals surface area contributed by atoms with Crippen molar-refractivity contribution < 1.29 is 19.4 Å². The molecule has 1 aliphatic carbocycles. The predicted octanol–water partition coefficient (Wildman–Crippen LogP) is 1.68. The molecule has 6 heteroatoms. The van der Waals surface area contributed by atoms with E-state index in [2.05, 4.69) is 4.90 Å². The van der Waals surface area contributed by atoms with Crippen LogP contribution in [-0.4, -0.2) is 73.4 Å². The average Bonchev–Trinajstić information content (AvgIpc) is 3.07. The topological polar surface area (TPSA) is 62.2 Å². The lowest BCUT2D eigenvalue weighted by atomic mass is 10.1. The van der Waals surface area contributed by atoms with Crippen LogP contribution < -0.4 is 9.47 Å². The fraction of sp³-hybridized carbons (Fsp3) is 0.632. The Morgan fingerprint density at radius 3 is 2.16 bits per heavy atom. The molecule has 1 N–H and O–H groups in total. The zero-order valence-electron chi connectivity index (χ0n) is 15.3. The lowest BCUT2D eigenvalue weighted by Crippen LogP contribution is -2.53. The van der Waals surface area contributed by atoms with Crippen molar-refractivity contribution in [3.63, 3.8) is 0 Å². The third kappa shape index (κ3) is 3.60. The quantitative estimate of drug-likeness (QED) is 0.897. The van der Waals surface area contributed by atoms with E-state index in [4.69, 9.17) is 9.47 Å². The molecule has 2 fully saturated rings. The number of hydrogen-bond acceptors (Lipinski definition) is 5. The average molecular weight is 348 g/mol. The van der Waals surface area contributed by atoms with Gasteiger partial charge in [0, 0.05) is 43.3 Å². The van der Waals surface area contributed by atoms with Crippen LogP contribution in [0.2, 0.25) is 0 Å². The van der Waals surface area contributed by atoms with Gasteiger partial charge < -0.3 is 19.5 Å². The molecule has 2 atom stereocenters. The van der Waals surface area contributed by atoms with E-state index in [-0.39, 0.29) is 18.1 Å². The minimum Gasteiger partial charge on any atom is -0.496 e. The van der Waals surface area contributed by atoms with E-state index in [0.717, 1.165) is 37.9 Å². The number of carbonyl (C=O) groups excluding carboxylic acids is 1. The van der Waals surface area contributed by atoms with Gasteiger partial charge in [-0.1, -0.05) is 0 Å². The molecular weight excluding hydrogens is 320 g/mol. The fourth-order valence-electron chi connectivity index (χ4n) is 4.00. The van der Waals surface area contributed by atoms with E-state index >= 15 is 0 Å². The van der Waals surface area contributed by atoms with E-state index in [1.807, 2.05) is 11.8 Å². The van der Waals surface area contributed by atoms with Gasteiger partial charge in [-0.25, -0.2) is 0 Å². The Bertz CT molecular complexity index is 601. The van der Waals surface area contributed by atoms with Gasteiger partial charge in [-0.15, -0.1) is 0 Å². The number of rotatable bonds is 4. The maximum atomic E-state index is 12.9. The van der Waals surface area contributed by atoms with Crippen LogP contribution in [0.15, 0.2) is 12.1 Å². The fourth-order valence-corrected chi connectivity index (χ4v) is 4.00. The summed E-state index contributed by atoms with van der Waals surface area (Å²) in [5.41, 5.74) is 1.48. The monoisotopic (exact) mass is 348 g/mol. The first-order chi connectivity index (χ1) is 12.0. The SMILES string of the molecule is COc1cc(C(=O)N2CCN([C@H]3CCC[C@@H]3O)CC2)cc(OC)c1C. The zero-order valence-corrected chi connectivity index (χ0v) is 15.3. The number of amides is 1. The Kier molecular flexibility index (Phi) is 5.49. The van der Waals surface area contributed by atoms with E-state index in [9.17, 15) is 9.90 Å². The number of carbonyl (C=O) groups is 1. The Balaban J connectivity index is 1.68. The normalized spacial score (nSPS) is 24.4. The predicted molar refractivity (Wildman–Crippen MR) is 95.4 cm³/mol. The molecule has 0 aromatic heterocycles. The smallest absolute Gasteiger partial charge is 0.254 e. The molecule has 1 saturated heterocycles. The van der Waals surface area contributed by atoms with Gasteiger partial charge in [-0.05, 0) is 38.3 Å². The van der Waals surface area contributed by atoms with Gasteiger partial charge in [-0.3, -0.25) is 9.69 Å². The second-order valence-electron chi connectivity index (χ2n) is 6.90. The molecule has 6 nitrogen and oxygen atoms in total. The summed E-state index contributed by atoms with van der Waals surface area (Å²) in [6.45, 7) is 4.90. The van der Waals surface area contributed by atoms with Crippen molar-refractivity contribution in [1.82, 2.24) is 9.80 Å².